The average molecular weight is 369 g/mol. The van der Waals surface area contributed by atoms with Gasteiger partial charge in [-0.2, -0.15) is 0 Å². The Balaban J connectivity index is 0.000000313. The molecule has 0 radical (unpaired) electrons. The quantitative estimate of drug-likeness (QED) is 0.514. The summed E-state index contributed by atoms with van der Waals surface area (Å²) in [5, 5.41) is 0. The maximum Gasteiger partial charge on any atom is 0.0571 e. The standard InChI is InChI=1S/C15H28O2.C7H14.C2H6/c1-16-14-7-3-12(4-8-14)11-13-5-9-15(17-2)10-6-13;1-7-5-3-2-4-6-7;1-2/h12-15H,3-11H2,1-2H3;7H,2-6H2,1H3;1-2H3. The van der Waals surface area contributed by atoms with Crippen LogP contribution in [-0.4, -0.2) is 26.4 Å². The minimum Gasteiger partial charge on any atom is -0.381 e. The highest BCUT2D eigenvalue weighted by Gasteiger charge is 2.26. The van der Waals surface area contributed by atoms with E-state index in [1.165, 1.54) is 89.9 Å². The molecule has 156 valence electrons. The molecule has 3 rings (SSSR count). The van der Waals surface area contributed by atoms with Gasteiger partial charge in [-0.25, -0.2) is 0 Å². The van der Waals surface area contributed by atoms with Crippen LogP contribution in [0.25, 0.3) is 0 Å². The predicted octanol–water partition coefficient (Wildman–Crippen LogP) is 7.40. The molecule has 0 amide bonds. The van der Waals surface area contributed by atoms with Crippen LogP contribution in [0.2, 0.25) is 0 Å². The zero-order chi connectivity index (χ0) is 19.2. The van der Waals surface area contributed by atoms with Crippen molar-refractivity contribution in [2.24, 2.45) is 17.8 Å². The molecule has 0 aromatic rings. The molecule has 3 aliphatic carbocycles. The van der Waals surface area contributed by atoms with Crippen LogP contribution in [0.3, 0.4) is 0 Å². The van der Waals surface area contributed by atoms with E-state index in [4.69, 9.17) is 9.47 Å². The van der Waals surface area contributed by atoms with Crippen molar-refractivity contribution in [2.75, 3.05) is 14.2 Å². The highest BCUT2D eigenvalue weighted by molar-refractivity contribution is 4.78. The normalized spacial score (nSPS) is 32.7. The van der Waals surface area contributed by atoms with Gasteiger partial charge in [-0.3, -0.25) is 0 Å². The van der Waals surface area contributed by atoms with E-state index in [2.05, 4.69) is 6.92 Å². The van der Waals surface area contributed by atoms with Gasteiger partial charge in [0, 0.05) is 14.2 Å². The summed E-state index contributed by atoms with van der Waals surface area (Å²) < 4.78 is 10.9. The van der Waals surface area contributed by atoms with Crippen molar-refractivity contribution in [1.29, 1.82) is 0 Å². The minimum absolute atomic E-state index is 0.551. The molecule has 0 saturated heterocycles. The van der Waals surface area contributed by atoms with Gasteiger partial charge in [0.2, 0.25) is 0 Å². The molecule has 0 spiro atoms. The zero-order valence-electron chi connectivity index (χ0n) is 18.6. The maximum atomic E-state index is 5.44. The highest BCUT2D eigenvalue weighted by atomic mass is 16.5. The second kappa shape index (κ2) is 14.9. The topological polar surface area (TPSA) is 18.5 Å². The van der Waals surface area contributed by atoms with Crippen LogP contribution < -0.4 is 0 Å². The Bertz CT molecular complexity index is 273. The molecule has 2 heteroatoms. The van der Waals surface area contributed by atoms with Gasteiger partial charge in [-0.1, -0.05) is 52.9 Å². The Kier molecular flexibility index (Phi) is 13.7. The fraction of sp³-hybridized carbons (Fsp3) is 1.00. The summed E-state index contributed by atoms with van der Waals surface area (Å²) in [4.78, 5) is 0. The molecule has 0 aliphatic heterocycles. The van der Waals surface area contributed by atoms with E-state index in [0.717, 1.165) is 17.8 Å². The summed E-state index contributed by atoms with van der Waals surface area (Å²) in [6.45, 7) is 6.36. The van der Waals surface area contributed by atoms with Gasteiger partial charge in [-0.15, -0.1) is 0 Å². The summed E-state index contributed by atoms with van der Waals surface area (Å²) in [6.07, 6.45) is 20.7. The van der Waals surface area contributed by atoms with Gasteiger partial charge in [0.05, 0.1) is 12.2 Å². The molecule has 0 aromatic heterocycles. The molecule has 3 saturated carbocycles. The van der Waals surface area contributed by atoms with Crippen molar-refractivity contribution in [3.63, 3.8) is 0 Å². The molecule has 0 unspecified atom stereocenters. The SMILES string of the molecule is CC.CC1CCCCC1.COC1CCC(CC2CCC(OC)CC2)CC1. The monoisotopic (exact) mass is 368 g/mol. The molecule has 0 atom stereocenters. The summed E-state index contributed by atoms with van der Waals surface area (Å²) in [5.41, 5.74) is 0. The lowest BCUT2D eigenvalue weighted by Gasteiger charge is -2.33. The lowest BCUT2D eigenvalue weighted by molar-refractivity contribution is 0.0381. The van der Waals surface area contributed by atoms with Crippen LogP contribution in [0.4, 0.5) is 0 Å². The molecular weight excluding hydrogens is 320 g/mol. The molecule has 0 bridgehead atoms. The lowest BCUT2D eigenvalue weighted by Crippen LogP contribution is -2.25. The van der Waals surface area contributed by atoms with Crippen molar-refractivity contribution < 1.29 is 9.47 Å². The van der Waals surface area contributed by atoms with Crippen LogP contribution in [0, 0.1) is 17.8 Å². The smallest absolute Gasteiger partial charge is 0.0571 e. The van der Waals surface area contributed by atoms with Crippen LogP contribution in [0.15, 0.2) is 0 Å². The average Bonchev–Trinajstić information content (AvgIpc) is 2.72. The first-order valence-electron chi connectivity index (χ1n) is 11.8. The van der Waals surface area contributed by atoms with Crippen molar-refractivity contribution in [3.8, 4) is 0 Å². The first-order chi connectivity index (χ1) is 12.7. The van der Waals surface area contributed by atoms with Gasteiger partial charge in [0.15, 0.2) is 0 Å². The fourth-order valence-electron chi connectivity index (χ4n) is 4.98. The molecular formula is C24H48O2. The maximum absolute atomic E-state index is 5.44. The molecule has 0 aromatic carbocycles. The van der Waals surface area contributed by atoms with Crippen LogP contribution >= 0.6 is 0 Å². The number of methoxy groups -OCH3 is 2. The highest BCUT2D eigenvalue weighted by Crippen LogP contribution is 2.36. The van der Waals surface area contributed by atoms with E-state index in [9.17, 15) is 0 Å². The summed E-state index contributed by atoms with van der Waals surface area (Å²) >= 11 is 0. The summed E-state index contributed by atoms with van der Waals surface area (Å²) in [7, 11) is 3.72. The van der Waals surface area contributed by atoms with Crippen molar-refractivity contribution in [1.82, 2.24) is 0 Å². The first kappa shape index (κ1) is 24.0. The Labute approximate surface area is 164 Å². The van der Waals surface area contributed by atoms with Gasteiger partial charge in [0.25, 0.3) is 0 Å². The number of hydrogen-bond acceptors (Lipinski definition) is 2. The Morgan fingerprint density at radius 3 is 1.23 bits per heavy atom. The van der Waals surface area contributed by atoms with E-state index in [1.807, 2.05) is 28.1 Å². The Morgan fingerprint density at radius 2 is 0.962 bits per heavy atom. The van der Waals surface area contributed by atoms with E-state index >= 15 is 0 Å². The Hall–Kier alpha value is -0.0800. The van der Waals surface area contributed by atoms with Gasteiger partial charge < -0.3 is 9.47 Å². The van der Waals surface area contributed by atoms with Gasteiger partial charge in [0.1, 0.15) is 0 Å². The van der Waals surface area contributed by atoms with Crippen molar-refractivity contribution >= 4 is 0 Å². The first-order valence-corrected chi connectivity index (χ1v) is 11.8. The van der Waals surface area contributed by atoms with Crippen LogP contribution in [0.5, 0.6) is 0 Å². The lowest BCUT2D eigenvalue weighted by atomic mass is 9.76. The fourth-order valence-corrected chi connectivity index (χ4v) is 4.98. The molecule has 3 aliphatic rings. The molecule has 0 heterocycles. The van der Waals surface area contributed by atoms with Gasteiger partial charge in [-0.05, 0) is 75.5 Å². The summed E-state index contributed by atoms with van der Waals surface area (Å²) in [6, 6.07) is 0. The minimum atomic E-state index is 0.551. The number of hydrogen-bond donors (Lipinski definition) is 0. The second-order valence-electron chi connectivity index (χ2n) is 8.74. The molecule has 0 N–H and O–H groups in total. The van der Waals surface area contributed by atoms with E-state index < -0.39 is 0 Å². The molecule has 2 nitrogen and oxygen atoms in total. The number of rotatable bonds is 4. The Morgan fingerprint density at radius 1 is 0.577 bits per heavy atom. The molecule has 3 fully saturated rings. The largest absolute Gasteiger partial charge is 0.381 e. The third-order valence-corrected chi connectivity index (χ3v) is 6.81. The second-order valence-corrected chi connectivity index (χ2v) is 8.74. The van der Waals surface area contributed by atoms with Gasteiger partial charge >= 0.3 is 0 Å². The van der Waals surface area contributed by atoms with E-state index in [-0.39, 0.29) is 0 Å². The van der Waals surface area contributed by atoms with Crippen molar-refractivity contribution in [2.45, 2.75) is 123 Å². The molecule has 26 heavy (non-hydrogen) atoms. The van der Waals surface area contributed by atoms with E-state index in [0.29, 0.717) is 12.2 Å². The van der Waals surface area contributed by atoms with Crippen LogP contribution in [0.1, 0.15) is 111 Å². The number of ether oxygens (including phenoxy) is 2. The predicted molar refractivity (Wildman–Crippen MR) is 114 cm³/mol. The summed E-state index contributed by atoms with van der Waals surface area (Å²) in [5.74, 6) is 2.99. The van der Waals surface area contributed by atoms with E-state index in [1.54, 1.807) is 0 Å². The third-order valence-electron chi connectivity index (χ3n) is 6.81. The third kappa shape index (κ3) is 9.74. The van der Waals surface area contributed by atoms with Crippen LogP contribution in [-0.2, 0) is 9.47 Å². The zero-order valence-corrected chi connectivity index (χ0v) is 18.6. The van der Waals surface area contributed by atoms with Crippen molar-refractivity contribution in [3.05, 3.63) is 0 Å².